The van der Waals surface area contributed by atoms with Crippen LogP contribution < -0.4 is 5.73 Å². The predicted octanol–water partition coefficient (Wildman–Crippen LogP) is -0.328. The van der Waals surface area contributed by atoms with Crippen LogP contribution in [0, 0.1) is 5.92 Å². The highest BCUT2D eigenvalue weighted by Gasteiger charge is 2.28. The Morgan fingerprint density at radius 1 is 1.50 bits per heavy atom. The molecule has 0 aliphatic carbocycles. The summed E-state index contributed by atoms with van der Waals surface area (Å²) in [5.74, 6) is -0.105. The van der Waals surface area contributed by atoms with Gasteiger partial charge in [0.2, 0.25) is 0 Å². The first kappa shape index (κ1) is 13.4. The number of hydrogen-bond donors (Lipinski definition) is 2. The smallest absolute Gasteiger partial charge is 0.322 e. The van der Waals surface area contributed by atoms with Crippen molar-refractivity contribution in [2.75, 3.05) is 40.3 Å². The van der Waals surface area contributed by atoms with E-state index >= 15 is 0 Å². The summed E-state index contributed by atoms with van der Waals surface area (Å²) < 4.78 is 0. The van der Waals surface area contributed by atoms with Gasteiger partial charge in [-0.15, -0.1) is 0 Å². The SMILES string of the molecule is CN(C)CC1CCN(C(CN)C(=O)O)CC1. The van der Waals surface area contributed by atoms with Crippen molar-refractivity contribution in [2.24, 2.45) is 11.7 Å². The van der Waals surface area contributed by atoms with E-state index in [-0.39, 0.29) is 6.54 Å². The van der Waals surface area contributed by atoms with Crippen molar-refractivity contribution in [1.29, 1.82) is 0 Å². The molecule has 0 spiro atoms. The Hall–Kier alpha value is -0.650. The summed E-state index contributed by atoms with van der Waals surface area (Å²) in [4.78, 5) is 15.1. The Morgan fingerprint density at radius 2 is 2.06 bits per heavy atom. The Labute approximate surface area is 97.2 Å². The molecule has 0 aromatic carbocycles. The van der Waals surface area contributed by atoms with Gasteiger partial charge >= 0.3 is 5.97 Å². The second kappa shape index (κ2) is 6.18. The lowest BCUT2D eigenvalue weighted by Gasteiger charge is -2.36. The van der Waals surface area contributed by atoms with Crippen LogP contribution in [0.25, 0.3) is 0 Å². The minimum atomic E-state index is -0.798. The molecule has 0 amide bonds. The second-order valence-electron chi connectivity index (χ2n) is 4.83. The predicted molar refractivity (Wildman–Crippen MR) is 63.3 cm³/mol. The highest BCUT2D eigenvalue weighted by Crippen LogP contribution is 2.19. The molecule has 16 heavy (non-hydrogen) atoms. The van der Waals surface area contributed by atoms with E-state index in [0.29, 0.717) is 5.92 Å². The van der Waals surface area contributed by atoms with E-state index in [4.69, 9.17) is 10.8 Å². The largest absolute Gasteiger partial charge is 0.480 e. The van der Waals surface area contributed by atoms with Crippen LogP contribution >= 0.6 is 0 Å². The molecule has 1 saturated heterocycles. The minimum absolute atomic E-state index is 0.202. The molecule has 1 rings (SSSR count). The van der Waals surface area contributed by atoms with E-state index in [0.717, 1.165) is 32.5 Å². The molecule has 1 unspecified atom stereocenters. The highest BCUT2D eigenvalue weighted by atomic mass is 16.4. The third-order valence-electron chi connectivity index (χ3n) is 3.22. The van der Waals surface area contributed by atoms with E-state index in [1.807, 2.05) is 4.90 Å². The topological polar surface area (TPSA) is 69.8 Å². The molecule has 3 N–H and O–H groups in total. The normalized spacial score (nSPS) is 21.2. The number of likely N-dealkylation sites (tertiary alicyclic amines) is 1. The lowest BCUT2D eigenvalue weighted by atomic mass is 9.95. The Balaban J connectivity index is 2.38. The van der Waals surface area contributed by atoms with Crippen LogP contribution in [0.2, 0.25) is 0 Å². The summed E-state index contributed by atoms with van der Waals surface area (Å²) >= 11 is 0. The summed E-state index contributed by atoms with van der Waals surface area (Å²) in [7, 11) is 4.15. The first-order chi connectivity index (χ1) is 7.54. The van der Waals surface area contributed by atoms with E-state index in [2.05, 4.69) is 19.0 Å². The molecule has 5 heteroatoms. The number of carbonyl (C=O) groups is 1. The van der Waals surface area contributed by atoms with Gasteiger partial charge < -0.3 is 15.7 Å². The molecule has 0 bridgehead atoms. The maximum Gasteiger partial charge on any atom is 0.322 e. The molecule has 1 heterocycles. The molecule has 0 aromatic rings. The van der Waals surface area contributed by atoms with Gasteiger partial charge in [0.15, 0.2) is 0 Å². The number of carboxylic acid groups (broad SMARTS) is 1. The van der Waals surface area contributed by atoms with Crippen molar-refractivity contribution in [1.82, 2.24) is 9.80 Å². The lowest BCUT2D eigenvalue weighted by Crippen LogP contribution is -2.50. The van der Waals surface area contributed by atoms with E-state index < -0.39 is 12.0 Å². The molecule has 5 nitrogen and oxygen atoms in total. The van der Waals surface area contributed by atoms with E-state index in [1.165, 1.54) is 0 Å². The Kier molecular flexibility index (Phi) is 5.18. The zero-order valence-corrected chi connectivity index (χ0v) is 10.2. The standard InChI is InChI=1S/C11H23N3O2/c1-13(2)8-9-3-5-14(6-4-9)10(7-12)11(15)16/h9-10H,3-8,12H2,1-2H3,(H,15,16). The average Bonchev–Trinajstić information content (AvgIpc) is 2.20. The number of nitrogens with two attached hydrogens (primary N) is 1. The number of carboxylic acids is 1. The first-order valence-corrected chi connectivity index (χ1v) is 5.86. The average molecular weight is 229 g/mol. The van der Waals surface area contributed by atoms with Crippen LogP contribution in [0.3, 0.4) is 0 Å². The Bertz CT molecular complexity index is 225. The minimum Gasteiger partial charge on any atom is -0.480 e. The quantitative estimate of drug-likeness (QED) is 0.675. The Morgan fingerprint density at radius 3 is 2.44 bits per heavy atom. The number of aliphatic carboxylic acids is 1. The third kappa shape index (κ3) is 3.73. The van der Waals surface area contributed by atoms with Crippen molar-refractivity contribution in [3.8, 4) is 0 Å². The van der Waals surface area contributed by atoms with E-state index in [9.17, 15) is 4.79 Å². The molecular formula is C11H23N3O2. The molecule has 0 saturated carbocycles. The fourth-order valence-electron chi connectivity index (χ4n) is 2.37. The van der Waals surface area contributed by atoms with Crippen molar-refractivity contribution in [3.63, 3.8) is 0 Å². The summed E-state index contributed by atoms with van der Waals surface area (Å²) in [6, 6.07) is -0.500. The van der Waals surface area contributed by atoms with Crippen LogP contribution in [0.1, 0.15) is 12.8 Å². The van der Waals surface area contributed by atoms with Gasteiger partial charge in [0.05, 0.1) is 0 Å². The van der Waals surface area contributed by atoms with E-state index in [1.54, 1.807) is 0 Å². The second-order valence-corrected chi connectivity index (χ2v) is 4.83. The van der Waals surface area contributed by atoms with Crippen LogP contribution in [-0.2, 0) is 4.79 Å². The monoisotopic (exact) mass is 229 g/mol. The van der Waals surface area contributed by atoms with Crippen LogP contribution in [0.15, 0.2) is 0 Å². The molecule has 1 aliphatic heterocycles. The van der Waals surface area contributed by atoms with Gasteiger partial charge in [0.1, 0.15) is 6.04 Å². The van der Waals surface area contributed by atoms with Crippen LogP contribution in [0.4, 0.5) is 0 Å². The summed E-state index contributed by atoms with van der Waals surface area (Å²) in [6.07, 6.45) is 2.14. The summed E-state index contributed by atoms with van der Waals surface area (Å²) in [6.45, 7) is 3.00. The number of hydrogen-bond acceptors (Lipinski definition) is 4. The van der Waals surface area contributed by atoms with Gasteiger partial charge in [0.25, 0.3) is 0 Å². The molecule has 0 aromatic heterocycles. The zero-order chi connectivity index (χ0) is 12.1. The van der Waals surface area contributed by atoms with Crippen molar-refractivity contribution >= 4 is 5.97 Å². The van der Waals surface area contributed by atoms with Gasteiger partial charge in [-0.3, -0.25) is 9.69 Å². The zero-order valence-electron chi connectivity index (χ0n) is 10.2. The van der Waals surface area contributed by atoms with Crippen LogP contribution in [0.5, 0.6) is 0 Å². The maximum atomic E-state index is 11.0. The molecule has 94 valence electrons. The van der Waals surface area contributed by atoms with Crippen molar-refractivity contribution < 1.29 is 9.90 Å². The third-order valence-corrected chi connectivity index (χ3v) is 3.22. The van der Waals surface area contributed by atoms with Gasteiger partial charge in [-0.2, -0.15) is 0 Å². The maximum absolute atomic E-state index is 11.0. The molecular weight excluding hydrogens is 206 g/mol. The lowest BCUT2D eigenvalue weighted by molar-refractivity contribution is -0.143. The summed E-state index contributed by atoms with van der Waals surface area (Å²) in [5.41, 5.74) is 5.49. The molecule has 1 fully saturated rings. The van der Waals surface area contributed by atoms with Crippen molar-refractivity contribution in [3.05, 3.63) is 0 Å². The fraction of sp³-hybridized carbons (Fsp3) is 0.909. The number of rotatable bonds is 5. The summed E-state index contributed by atoms with van der Waals surface area (Å²) in [5, 5.41) is 9.01. The number of nitrogens with zero attached hydrogens (tertiary/aromatic N) is 2. The molecule has 1 atom stereocenters. The highest BCUT2D eigenvalue weighted by molar-refractivity contribution is 5.73. The molecule has 0 radical (unpaired) electrons. The van der Waals surface area contributed by atoms with Gasteiger partial charge in [0, 0.05) is 13.1 Å². The first-order valence-electron chi connectivity index (χ1n) is 5.86. The van der Waals surface area contributed by atoms with Crippen molar-refractivity contribution in [2.45, 2.75) is 18.9 Å². The van der Waals surface area contributed by atoms with Crippen LogP contribution in [-0.4, -0.2) is 67.2 Å². The van der Waals surface area contributed by atoms with Gasteiger partial charge in [-0.1, -0.05) is 0 Å². The number of piperidine rings is 1. The van der Waals surface area contributed by atoms with Gasteiger partial charge in [-0.05, 0) is 45.9 Å². The fourth-order valence-corrected chi connectivity index (χ4v) is 2.37. The molecule has 1 aliphatic rings. The van der Waals surface area contributed by atoms with Gasteiger partial charge in [-0.25, -0.2) is 0 Å².